The van der Waals surface area contributed by atoms with Crippen molar-refractivity contribution >= 4 is 35.8 Å². The predicted octanol–water partition coefficient (Wildman–Crippen LogP) is 1.17. The van der Waals surface area contributed by atoms with Crippen LogP contribution in [-0.2, 0) is 9.53 Å². The molecule has 30 heavy (non-hydrogen) atoms. The van der Waals surface area contributed by atoms with Crippen LogP contribution in [0.5, 0.6) is 5.75 Å². The number of ether oxygens (including phenoxy) is 2. The number of guanidine groups is 1. The van der Waals surface area contributed by atoms with Crippen molar-refractivity contribution in [3.05, 3.63) is 30.1 Å². The highest BCUT2D eigenvalue weighted by Crippen LogP contribution is 2.16. The van der Waals surface area contributed by atoms with Crippen molar-refractivity contribution in [3.63, 3.8) is 0 Å². The first-order valence-corrected chi connectivity index (χ1v) is 9.88. The number of para-hydroxylation sites is 1. The van der Waals surface area contributed by atoms with Gasteiger partial charge in [-0.15, -0.1) is 24.0 Å². The third kappa shape index (κ3) is 9.00. The smallest absolute Gasteiger partial charge is 0.234 e. The molecule has 1 aromatic carbocycles. The van der Waals surface area contributed by atoms with Gasteiger partial charge in [-0.2, -0.15) is 0 Å². The summed E-state index contributed by atoms with van der Waals surface area (Å²) in [5, 5.41) is 6.12. The first-order valence-electron chi connectivity index (χ1n) is 9.88. The lowest BCUT2D eigenvalue weighted by atomic mass is 10.3. The minimum absolute atomic E-state index is 0. The number of amides is 1. The van der Waals surface area contributed by atoms with Crippen molar-refractivity contribution in [1.29, 1.82) is 0 Å². The SMILES string of the molecule is CN=C(NCC(C)Oc1ccccc1F)N1CCN(CC(=O)NCCOC)CC1.I. The largest absolute Gasteiger partial charge is 0.486 e. The molecular weight excluding hydrogens is 504 g/mol. The average Bonchev–Trinajstić information content (AvgIpc) is 2.71. The first kappa shape index (κ1) is 26.4. The molecule has 1 atom stereocenters. The van der Waals surface area contributed by atoms with Crippen LogP contribution in [-0.4, -0.2) is 94.3 Å². The average molecular weight is 537 g/mol. The quantitative estimate of drug-likeness (QED) is 0.213. The molecule has 1 aromatic rings. The number of hydrogen-bond acceptors (Lipinski definition) is 5. The van der Waals surface area contributed by atoms with Gasteiger partial charge in [0, 0.05) is 46.9 Å². The fraction of sp³-hybridized carbons (Fsp3) is 0.600. The number of carbonyl (C=O) groups is 1. The van der Waals surface area contributed by atoms with Crippen LogP contribution in [0.4, 0.5) is 4.39 Å². The molecule has 0 saturated carbocycles. The Balaban J connectivity index is 0.00000450. The summed E-state index contributed by atoms with van der Waals surface area (Å²) in [6.45, 7) is 6.91. The molecule has 0 spiro atoms. The van der Waals surface area contributed by atoms with Crippen LogP contribution in [0.1, 0.15) is 6.92 Å². The van der Waals surface area contributed by atoms with Crippen LogP contribution in [0.15, 0.2) is 29.3 Å². The zero-order chi connectivity index (χ0) is 21.1. The number of carbonyl (C=O) groups excluding carboxylic acids is 1. The van der Waals surface area contributed by atoms with E-state index in [0.29, 0.717) is 26.2 Å². The summed E-state index contributed by atoms with van der Waals surface area (Å²) < 4.78 is 24.3. The maximum Gasteiger partial charge on any atom is 0.234 e. The summed E-state index contributed by atoms with van der Waals surface area (Å²) in [4.78, 5) is 20.5. The summed E-state index contributed by atoms with van der Waals surface area (Å²) in [7, 11) is 3.35. The number of nitrogens with one attached hydrogen (secondary N) is 2. The van der Waals surface area contributed by atoms with Gasteiger partial charge in [-0.3, -0.25) is 14.7 Å². The minimum atomic E-state index is -0.369. The summed E-state index contributed by atoms with van der Waals surface area (Å²) in [6.07, 6.45) is -0.222. The van der Waals surface area contributed by atoms with E-state index in [1.54, 1.807) is 32.4 Å². The van der Waals surface area contributed by atoms with Gasteiger partial charge >= 0.3 is 0 Å². The molecule has 1 saturated heterocycles. The minimum Gasteiger partial charge on any atom is -0.486 e. The maximum absolute atomic E-state index is 13.7. The van der Waals surface area contributed by atoms with E-state index in [2.05, 4.69) is 25.4 Å². The lowest BCUT2D eigenvalue weighted by Crippen LogP contribution is -2.54. The maximum atomic E-state index is 13.7. The number of benzene rings is 1. The fourth-order valence-electron chi connectivity index (χ4n) is 3.04. The van der Waals surface area contributed by atoms with Gasteiger partial charge in [-0.25, -0.2) is 4.39 Å². The zero-order valence-corrected chi connectivity index (χ0v) is 20.2. The molecule has 2 rings (SSSR count). The van der Waals surface area contributed by atoms with E-state index >= 15 is 0 Å². The molecule has 1 fully saturated rings. The van der Waals surface area contributed by atoms with Crippen LogP contribution in [0.2, 0.25) is 0 Å². The summed E-state index contributed by atoms with van der Waals surface area (Å²) in [6, 6.07) is 6.38. The summed E-state index contributed by atoms with van der Waals surface area (Å²) in [5.74, 6) is 0.663. The van der Waals surface area contributed by atoms with E-state index < -0.39 is 0 Å². The second-order valence-electron chi connectivity index (χ2n) is 6.89. The molecule has 8 nitrogen and oxygen atoms in total. The number of hydrogen-bond donors (Lipinski definition) is 2. The Hall–Kier alpha value is -1.66. The fourth-order valence-corrected chi connectivity index (χ4v) is 3.04. The van der Waals surface area contributed by atoms with Crippen LogP contribution < -0.4 is 15.4 Å². The molecule has 0 bridgehead atoms. The molecule has 10 heteroatoms. The normalized spacial score (nSPS) is 15.9. The monoisotopic (exact) mass is 537 g/mol. The topological polar surface area (TPSA) is 78.4 Å². The Kier molecular flexibility index (Phi) is 12.6. The first-order chi connectivity index (χ1) is 14.0. The standard InChI is InChI=1S/C20H32FN5O3.HI/c1-16(29-18-7-5-4-6-17(18)21)14-24-20(22-2)26-11-9-25(10-12-26)15-19(27)23-8-13-28-3;/h4-7,16H,8-15H2,1-3H3,(H,22,24)(H,23,27);1H. The van der Waals surface area contributed by atoms with Gasteiger partial charge in [-0.1, -0.05) is 12.1 Å². The number of methoxy groups -OCH3 is 1. The molecule has 170 valence electrons. The molecule has 1 aliphatic rings. The van der Waals surface area contributed by atoms with Gasteiger partial charge in [0.25, 0.3) is 0 Å². The Bertz CT molecular complexity index is 672. The predicted molar refractivity (Wildman–Crippen MR) is 126 cm³/mol. The molecular formula is C20H33FIN5O3. The molecule has 0 radical (unpaired) electrons. The van der Waals surface area contributed by atoms with Crippen molar-refractivity contribution in [2.45, 2.75) is 13.0 Å². The molecule has 1 unspecified atom stereocenters. The molecule has 1 heterocycles. The third-order valence-electron chi connectivity index (χ3n) is 4.59. The van der Waals surface area contributed by atoms with Crippen LogP contribution in [0.3, 0.4) is 0 Å². The van der Waals surface area contributed by atoms with Gasteiger partial charge in [0.2, 0.25) is 5.91 Å². The van der Waals surface area contributed by atoms with Gasteiger partial charge < -0.3 is 25.0 Å². The number of piperazine rings is 1. The Morgan fingerprint density at radius 2 is 1.93 bits per heavy atom. The van der Waals surface area contributed by atoms with E-state index in [1.807, 2.05) is 6.92 Å². The summed E-state index contributed by atoms with van der Waals surface area (Å²) >= 11 is 0. The van der Waals surface area contributed by atoms with E-state index in [0.717, 1.165) is 32.1 Å². The van der Waals surface area contributed by atoms with Gasteiger partial charge in [0.1, 0.15) is 6.10 Å². The Labute approximate surface area is 195 Å². The van der Waals surface area contributed by atoms with Gasteiger partial charge in [-0.05, 0) is 19.1 Å². The molecule has 0 aromatic heterocycles. The van der Waals surface area contributed by atoms with E-state index in [-0.39, 0.29) is 47.6 Å². The highest BCUT2D eigenvalue weighted by Gasteiger charge is 2.21. The van der Waals surface area contributed by atoms with Crippen molar-refractivity contribution in [2.24, 2.45) is 4.99 Å². The van der Waals surface area contributed by atoms with Crippen molar-refractivity contribution < 1.29 is 18.7 Å². The van der Waals surface area contributed by atoms with Crippen molar-refractivity contribution in [3.8, 4) is 5.75 Å². The van der Waals surface area contributed by atoms with E-state index in [4.69, 9.17) is 9.47 Å². The van der Waals surface area contributed by atoms with Crippen LogP contribution in [0, 0.1) is 5.82 Å². The van der Waals surface area contributed by atoms with Gasteiger partial charge in [0.05, 0.1) is 19.7 Å². The summed E-state index contributed by atoms with van der Waals surface area (Å²) in [5.41, 5.74) is 0. The van der Waals surface area contributed by atoms with Crippen LogP contribution >= 0.6 is 24.0 Å². The van der Waals surface area contributed by atoms with E-state index in [9.17, 15) is 9.18 Å². The van der Waals surface area contributed by atoms with E-state index in [1.165, 1.54) is 6.07 Å². The number of halogens is 2. The van der Waals surface area contributed by atoms with Crippen molar-refractivity contribution in [1.82, 2.24) is 20.4 Å². The third-order valence-corrected chi connectivity index (χ3v) is 4.59. The molecule has 0 aliphatic carbocycles. The van der Waals surface area contributed by atoms with Crippen molar-refractivity contribution in [2.75, 3.05) is 66.6 Å². The lowest BCUT2D eigenvalue weighted by Gasteiger charge is -2.36. The Morgan fingerprint density at radius 3 is 2.57 bits per heavy atom. The second-order valence-corrected chi connectivity index (χ2v) is 6.89. The van der Waals surface area contributed by atoms with Crippen LogP contribution in [0.25, 0.3) is 0 Å². The molecule has 2 N–H and O–H groups in total. The number of nitrogens with zero attached hydrogens (tertiary/aromatic N) is 3. The number of rotatable bonds is 9. The van der Waals surface area contributed by atoms with Gasteiger partial charge in [0.15, 0.2) is 17.5 Å². The highest BCUT2D eigenvalue weighted by atomic mass is 127. The zero-order valence-electron chi connectivity index (χ0n) is 17.9. The lowest BCUT2D eigenvalue weighted by molar-refractivity contribution is -0.122. The number of aliphatic imine (C=N–C) groups is 1. The Morgan fingerprint density at radius 1 is 1.23 bits per heavy atom. The molecule has 1 amide bonds. The highest BCUT2D eigenvalue weighted by molar-refractivity contribution is 14.0. The molecule has 1 aliphatic heterocycles. The second kappa shape index (κ2) is 14.4.